The van der Waals surface area contributed by atoms with Crippen molar-refractivity contribution in [3.8, 4) is 28.7 Å². The fourth-order valence-electron chi connectivity index (χ4n) is 7.46. The lowest BCUT2D eigenvalue weighted by Gasteiger charge is -2.47. The van der Waals surface area contributed by atoms with Gasteiger partial charge >= 0.3 is 5.97 Å². The van der Waals surface area contributed by atoms with Crippen LogP contribution in [0, 0.1) is 11.8 Å². The standard InChI is InChI=1S/C35H36O13/c1-16-41-14-26-33(46-16)29(37)30(38)35(47-26)48-31-20-11-24-23(44-15-45-24)10-19(20)27(28-21(31)13-43-34(28)39)18-8-22(36)32(25(9-18)40-2)42-12-17-6-4-3-5-7-17/h3-11,16,21,26-31,33,35-38H,12-15H2,1-2H3/t16?,21?,26?,27-,28+,29?,30?,31?,33?,35?/m1/s1. The van der Waals surface area contributed by atoms with E-state index in [4.69, 9.17) is 42.6 Å². The summed E-state index contributed by atoms with van der Waals surface area (Å²) in [5.41, 5.74) is 2.83. The van der Waals surface area contributed by atoms with Crippen LogP contribution in [0.3, 0.4) is 0 Å². The molecule has 3 N–H and O–H groups in total. The molecule has 0 aromatic heterocycles. The minimum Gasteiger partial charge on any atom is -0.504 e. The minimum atomic E-state index is -1.45. The maximum Gasteiger partial charge on any atom is 0.310 e. The van der Waals surface area contributed by atoms with E-state index in [1.807, 2.05) is 30.3 Å². The zero-order valence-electron chi connectivity index (χ0n) is 26.2. The first-order chi connectivity index (χ1) is 23.3. The third-order valence-corrected chi connectivity index (χ3v) is 9.75. The minimum absolute atomic E-state index is 0.0174. The molecule has 0 saturated carbocycles. The highest BCUT2D eigenvalue weighted by Gasteiger charge is 2.56. The Hall–Kier alpha value is -4.11. The number of aliphatic hydroxyl groups is 2. The molecule has 3 aromatic rings. The first-order valence-electron chi connectivity index (χ1n) is 15.9. The van der Waals surface area contributed by atoms with Gasteiger partial charge in [-0.15, -0.1) is 0 Å². The summed E-state index contributed by atoms with van der Waals surface area (Å²) in [4.78, 5) is 13.6. The smallest absolute Gasteiger partial charge is 0.310 e. The van der Waals surface area contributed by atoms with Gasteiger partial charge in [0.2, 0.25) is 12.5 Å². The number of ether oxygens (including phenoxy) is 9. The number of aliphatic hydroxyl groups excluding tert-OH is 2. The van der Waals surface area contributed by atoms with E-state index < -0.39 is 66.8 Å². The number of hydrogen-bond donors (Lipinski definition) is 3. The fraction of sp³-hybridized carbons (Fsp3) is 0.457. The molecular weight excluding hydrogens is 628 g/mol. The quantitative estimate of drug-likeness (QED) is 0.317. The fourth-order valence-corrected chi connectivity index (χ4v) is 7.46. The molecular formula is C35H36O13. The number of benzene rings is 3. The lowest BCUT2D eigenvalue weighted by molar-refractivity contribution is -0.364. The first kappa shape index (κ1) is 31.2. The zero-order valence-corrected chi connectivity index (χ0v) is 26.2. The second-order valence-electron chi connectivity index (χ2n) is 12.6. The van der Waals surface area contributed by atoms with Crippen molar-refractivity contribution in [2.24, 2.45) is 11.8 Å². The van der Waals surface area contributed by atoms with Gasteiger partial charge in [0, 0.05) is 11.8 Å². The summed E-state index contributed by atoms with van der Waals surface area (Å²) in [6.45, 7) is 2.10. The molecule has 4 aliphatic heterocycles. The molecule has 0 spiro atoms. The van der Waals surface area contributed by atoms with Crippen molar-refractivity contribution < 1.29 is 62.7 Å². The number of phenols is 1. The van der Waals surface area contributed by atoms with Crippen LogP contribution in [0.4, 0.5) is 0 Å². The molecule has 8 unspecified atom stereocenters. The highest BCUT2D eigenvalue weighted by atomic mass is 16.8. The largest absolute Gasteiger partial charge is 0.504 e. The van der Waals surface area contributed by atoms with Gasteiger partial charge in [-0.05, 0) is 53.4 Å². The van der Waals surface area contributed by atoms with E-state index in [9.17, 15) is 20.1 Å². The Labute approximate surface area is 275 Å². The monoisotopic (exact) mass is 664 g/mol. The summed E-state index contributed by atoms with van der Waals surface area (Å²) >= 11 is 0. The van der Waals surface area contributed by atoms with Crippen molar-refractivity contribution >= 4 is 5.97 Å². The highest BCUT2D eigenvalue weighted by molar-refractivity contribution is 5.79. The van der Waals surface area contributed by atoms with E-state index in [1.54, 1.807) is 31.2 Å². The van der Waals surface area contributed by atoms with E-state index in [2.05, 4.69) is 0 Å². The lowest BCUT2D eigenvalue weighted by atomic mass is 9.66. The van der Waals surface area contributed by atoms with Crippen LogP contribution in [0.25, 0.3) is 0 Å². The Morgan fingerprint density at radius 1 is 0.917 bits per heavy atom. The van der Waals surface area contributed by atoms with Gasteiger partial charge in [-0.25, -0.2) is 0 Å². The highest BCUT2D eigenvalue weighted by Crippen LogP contribution is 2.57. The third-order valence-electron chi connectivity index (χ3n) is 9.75. The van der Waals surface area contributed by atoms with Crippen molar-refractivity contribution in [2.45, 2.75) is 62.5 Å². The van der Waals surface area contributed by atoms with E-state index in [0.29, 0.717) is 28.2 Å². The number of hydrogen-bond acceptors (Lipinski definition) is 13. The number of fused-ring (bicyclic) bond motifs is 4. The van der Waals surface area contributed by atoms with Gasteiger partial charge in [-0.1, -0.05) is 30.3 Å². The number of cyclic esters (lactones) is 1. The molecule has 0 amide bonds. The Morgan fingerprint density at radius 3 is 2.46 bits per heavy atom. The lowest BCUT2D eigenvalue weighted by Crippen LogP contribution is -2.63. The number of rotatable bonds is 7. The van der Waals surface area contributed by atoms with E-state index in [-0.39, 0.29) is 43.9 Å². The van der Waals surface area contributed by atoms with Crippen LogP contribution >= 0.6 is 0 Å². The SMILES string of the molecule is COc1cc([C@@H]2c3cc4c(cc3C(OC3OC5COC(C)OC5C(O)C3O)C3COC(=O)[C@@H]32)OCO4)cc(O)c1OCc1ccccc1. The number of carbonyl (C=O) groups excluding carboxylic acids is 1. The average molecular weight is 665 g/mol. The van der Waals surface area contributed by atoms with E-state index in [1.165, 1.54) is 7.11 Å². The molecule has 3 saturated heterocycles. The Bertz CT molecular complexity index is 1680. The Kier molecular flexibility index (Phi) is 8.06. The van der Waals surface area contributed by atoms with Gasteiger partial charge in [0.15, 0.2) is 35.6 Å². The molecule has 254 valence electrons. The van der Waals surface area contributed by atoms with Crippen LogP contribution in [-0.4, -0.2) is 85.4 Å². The summed E-state index contributed by atoms with van der Waals surface area (Å²) in [6, 6.07) is 16.5. The van der Waals surface area contributed by atoms with Crippen LogP contribution < -0.4 is 18.9 Å². The molecule has 13 heteroatoms. The van der Waals surface area contributed by atoms with Gasteiger partial charge < -0.3 is 58.0 Å². The second kappa shape index (κ2) is 12.4. The first-order valence-corrected chi connectivity index (χ1v) is 15.9. The van der Waals surface area contributed by atoms with Crippen molar-refractivity contribution in [1.82, 2.24) is 0 Å². The van der Waals surface area contributed by atoms with Crippen molar-refractivity contribution in [3.05, 3.63) is 76.9 Å². The predicted octanol–water partition coefficient (Wildman–Crippen LogP) is 2.91. The topological polar surface area (TPSA) is 161 Å². The van der Waals surface area contributed by atoms with Crippen molar-refractivity contribution in [1.29, 1.82) is 0 Å². The molecule has 5 aliphatic rings. The maximum atomic E-state index is 13.6. The molecule has 3 fully saturated rings. The van der Waals surface area contributed by atoms with Gasteiger partial charge in [0.05, 0.1) is 32.3 Å². The van der Waals surface area contributed by atoms with Crippen molar-refractivity contribution in [3.63, 3.8) is 0 Å². The molecule has 10 atom stereocenters. The molecule has 0 radical (unpaired) electrons. The molecule has 13 nitrogen and oxygen atoms in total. The van der Waals surface area contributed by atoms with Crippen LogP contribution in [-0.2, 0) is 35.1 Å². The van der Waals surface area contributed by atoms with Gasteiger partial charge in [0.25, 0.3) is 0 Å². The average Bonchev–Trinajstić information content (AvgIpc) is 3.72. The zero-order chi connectivity index (χ0) is 33.1. The van der Waals surface area contributed by atoms with E-state index in [0.717, 1.165) is 5.56 Å². The van der Waals surface area contributed by atoms with Crippen LogP contribution in [0.5, 0.6) is 28.7 Å². The van der Waals surface area contributed by atoms with Crippen LogP contribution in [0.2, 0.25) is 0 Å². The number of carbonyl (C=O) groups is 1. The molecule has 1 aliphatic carbocycles. The Morgan fingerprint density at radius 2 is 1.69 bits per heavy atom. The third kappa shape index (κ3) is 5.31. The summed E-state index contributed by atoms with van der Waals surface area (Å²) < 4.78 is 52.7. The molecule has 48 heavy (non-hydrogen) atoms. The maximum absolute atomic E-state index is 13.6. The number of methoxy groups -OCH3 is 1. The van der Waals surface area contributed by atoms with Gasteiger partial charge in [-0.3, -0.25) is 4.79 Å². The summed E-state index contributed by atoms with van der Waals surface area (Å²) in [5.74, 6) is -1.09. The summed E-state index contributed by atoms with van der Waals surface area (Å²) in [7, 11) is 1.48. The summed E-state index contributed by atoms with van der Waals surface area (Å²) in [5, 5.41) is 33.4. The molecule has 0 bridgehead atoms. The summed E-state index contributed by atoms with van der Waals surface area (Å²) in [6.07, 6.45) is -6.90. The molecule has 8 rings (SSSR count). The number of esters is 1. The molecule has 4 heterocycles. The van der Waals surface area contributed by atoms with Gasteiger partial charge in [0.1, 0.15) is 31.0 Å². The second-order valence-corrected chi connectivity index (χ2v) is 12.6. The number of phenolic OH excluding ortho intramolecular Hbond substituents is 1. The predicted molar refractivity (Wildman–Crippen MR) is 163 cm³/mol. The number of aromatic hydroxyl groups is 1. The normalized spacial score (nSPS) is 33.3. The van der Waals surface area contributed by atoms with Crippen LogP contribution in [0.1, 0.15) is 41.2 Å². The van der Waals surface area contributed by atoms with Crippen molar-refractivity contribution in [2.75, 3.05) is 27.1 Å². The van der Waals surface area contributed by atoms with E-state index >= 15 is 0 Å². The Balaban J connectivity index is 1.17. The van der Waals surface area contributed by atoms with Gasteiger partial charge in [-0.2, -0.15) is 0 Å². The molecule has 3 aromatic carbocycles. The van der Waals surface area contributed by atoms with Crippen LogP contribution in [0.15, 0.2) is 54.6 Å².